The Morgan fingerprint density at radius 3 is 2.71 bits per heavy atom. The summed E-state index contributed by atoms with van der Waals surface area (Å²) < 4.78 is 13.6. The lowest BCUT2D eigenvalue weighted by Crippen LogP contribution is -2.30. The molecular formula is C21H17FN2. The third kappa shape index (κ3) is 2.05. The lowest BCUT2D eigenvalue weighted by molar-refractivity contribution is 0.560. The van der Waals surface area contributed by atoms with E-state index < -0.39 is 0 Å². The summed E-state index contributed by atoms with van der Waals surface area (Å²) in [5.74, 6) is -0.176. The van der Waals surface area contributed by atoms with Crippen LogP contribution in [-0.2, 0) is 6.42 Å². The van der Waals surface area contributed by atoms with Gasteiger partial charge in [-0.3, -0.25) is 0 Å². The van der Waals surface area contributed by atoms with E-state index in [1.807, 2.05) is 6.07 Å². The van der Waals surface area contributed by atoms with E-state index >= 15 is 0 Å². The number of fused-ring (bicyclic) bond motifs is 4. The van der Waals surface area contributed by atoms with Gasteiger partial charge < -0.3 is 10.3 Å². The van der Waals surface area contributed by atoms with Crippen molar-refractivity contribution in [2.24, 2.45) is 0 Å². The SMILES string of the molecule is Fc1ccc2[nH]c3c(c2c1)CCNC3c1ccc2ccccc2c1. The van der Waals surface area contributed by atoms with E-state index in [-0.39, 0.29) is 11.9 Å². The molecule has 1 aliphatic rings. The van der Waals surface area contributed by atoms with Crippen LogP contribution in [0.15, 0.2) is 60.7 Å². The Morgan fingerprint density at radius 2 is 1.79 bits per heavy atom. The molecule has 24 heavy (non-hydrogen) atoms. The largest absolute Gasteiger partial charge is 0.357 e. The van der Waals surface area contributed by atoms with E-state index in [2.05, 4.69) is 52.8 Å². The van der Waals surface area contributed by atoms with Crippen molar-refractivity contribution in [3.8, 4) is 0 Å². The summed E-state index contributed by atoms with van der Waals surface area (Å²) in [5.41, 5.74) is 4.65. The summed E-state index contributed by atoms with van der Waals surface area (Å²) in [6.45, 7) is 0.897. The van der Waals surface area contributed by atoms with Gasteiger partial charge >= 0.3 is 0 Å². The maximum Gasteiger partial charge on any atom is 0.123 e. The molecule has 0 saturated carbocycles. The van der Waals surface area contributed by atoms with E-state index in [1.165, 1.54) is 28.0 Å². The van der Waals surface area contributed by atoms with Crippen LogP contribution in [0.1, 0.15) is 22.9 Å². The number of hydrogen-bond acceptors (Lipinski definition) is 1. The molecule has 3 aromatic carbocycles. The summed E-state index contributed by atoms with van der Waals surface area (Å²) in [6.07, 6.45) is 0.920. The minimum atomic E-state index is -0.176. The number of H-pyrrole nitrogens is 1. The highest BCUT2D eigenvalue weighted by Crippen LogP contribution is 2.34. The topological polar surface area (TPSA) is 27.8 Å². The third-order valence-corrected chi connectivity index (χ3v) is 5.02. The predicted octanol–water partition coefficient (Wildman–Crippen LogP) is 4.70. The fraction of sp³-hybridized carbons (Fsp3) is 0.143. The van der Waals surface area contributed by atoms with Gasteiger partial charge in [0.1, 0.15) is 5.82 Å². The first-order valence-electron chi connectivity index (χ1n) is 8.32. The zero-order chi connectivity index (χ0) is 16.1. The quantitative estimate of drug-likeness (QED) is 0.523. The lowest BCUT2D eigenvalue weighted by atomic mass is 9.93. The van der Waals surface area contributed by atoms with Crippen LogP contribution in [0.3, 0.4) is 0 Å². The number of halogens is 1. The molecule has 0 aliphatic carbocycles. The second-order valence-corrected chi connectivity index (χ2v) is 6.45. The Morgan fingerprint density at radius 1 is 0.917 bits per heavy atom. The van der Waals surface area contributed by atoms with Crippen molar-refractivity contribution in [1.82, 2.24) is 10.3 Å². The third-order valence-electron chi connectivity index (χ3n) is 5.02. The molecular weight excluding hydrogens is 299 g/mol. The van der Waals surface area contributed by atoms with Crippen LogP contribution < -0.4 is 5.32 Å². The van der Waals surface area contributed by atoms with Gasteiger partial charge in [0.15, 0.2) is 0 Å². The zero-order valence-corrected chi connectivity index (χ0v) is 13.1. The minimum Gasteiger partial charge on any atom is -0.357 e. The number of aromatic nitrogens is 1. The van der Waals surface area contributed by atoms with Gasteiger partial charge in [0.05, 0.1) is 6.04 Å². The first-order chi connectivity index (χ1) is 11.8. The summed E-state index contributed by atoms with van der Waals surface area (Å²) in [7, 11) is 0. The van der Waals surface area contributed by atoms with Crippen LogP contribution in [0.2, 0.25) is 0 Å². The lowest BCUT2D eigenvalue weighted by Gasteiger charge is -2.25. The van der Waals surface area contributed by atoms with Crippen molar-refractivity contribution in [2.45, 2.75) is 12.5 Å². The van der Waals surface area contributed by atoms with Crippen molar-refractivity contribution >= 4 is 21.7 Å². The van der Waals surface area contributed by atoms with Crippen LogP contribution in [-0.4, -0.2) is 11.5 Å². The van der Waals surface area contributed by atoms with E-state index in [0.29, 0.717) is 0 Å². The summed E-state index contributed by atoms with van der Waals surface area (Å²) in [5, 5.41) is 7.11. The monoisotopic (exact) mass is 316 g/mol. The smallest absolute Gasteiger partial charge is 0.123 e. The Hall–Kier alpha value is -2.65. The highest BCUT2D eigenvalue weighted by molar-refractivity contribution is 5.86. The van der Waals surface area contributed by atoms with Gasteiger partial charge in [-0.1, -0.05) is 36.4 Å². The summed E-state index contributed by atoms with van der Waals surface area (Å²) in [6, 6.07) is 20.1. The van der Waals surface area contributed by atoms with Crippen molar-refractivity contribution in [2.75, 3.05) is 6.54 Å². The molecule has 0 spiro atoms. The van der Waals surface area contributed by atoms with Crippen LogP contribution in [0.5, 0.6) is 0 Å². The van der Waals surface area contributed by atoms with Crippen LogP contribution in [0.4, 0.5) is 4.39 Å². The average molecular weight is 316 g/mol. The number of hydrogen-bond donors (Lipinski definition) is 2. The Kier molecular flexibility index (Phi) is 2.97. The fourth-order valence-corrected chi connectivity index (χ4v) is 3.87. The number of rotatable bonds is 1. The molecule has 5 rings (SSSR count). The van der Waals surface area contributed by atoms with E-state index in [9.17, 15) is 4.39 Å². The van der Waals surface area contributed by atoms with Crippen molar-refractivity contribution in [1.29, 1.82) is 0 Å². The summed E-state index contributed by atoms with van der Waals surface area (Å²) in [4.78, 5) is 3.51. The van der Waals surface area contributed by atoms with Crippen molar-refractivity contribution in [3.05, 3.63) is 83.3 Å². The molecule has 0 fully saturated rings. The van der Waals surface area contributed by atoms with Gasteiger partial charge in [-0.25, -0.2) is 4.39 Å². The second kappa shape index (κ2) is 5.18. The maximum atomic E-state index is 13.6. The average Bonchev–Trinajstić information content (AvgIpc) is 2.99. The Labute approximate surface area is 139 Å². The molecule has 0 radical (unpaired) electrons. The van der Waals surface area contributed by atoms with Gasteiger partial charge in [0.25, 0.3) is 0 Å². The van der Waals surface area contributed by atoms with Gasteiger partial charge in [-0.2, -0.15) is 0 Å². The van der Waals surface area contributed by atoms with Gasteiger partial charge in [-0.05, 0) is 52.6 Å². The predicted molar refractivity (Wildman–Crippen MR) is 95.8 cm³/mol. The van der Waals surface area contributed by atoms with Crippen molar-refractivity contribution < 1.29 is 4.39 Å². The fourth-order valence-electron chi connectivity index (χ4n) is 3.87. The molecule has 1 atom stereocenters. The molecule has 1 unspecified atom stereocenters. The first kappa shape index (κ1) is 13.8. The van der Waals surface area contributed by atoms with E-state index in [1.54, 1.807) is 6.07 Å². The molecule has 0 saturated heterocycles. The standard InChI is InChI=1S/C21H17FN2/c22-16-7-8-19-18(12-16)17-9-10-23-20(21(17)24-19)15-6-5-13-3-1-2-4-14(13)11-15/h1-8,11-12,20,23-24H,9-10H2. The molecule has 2 heterocycles. The van der Waals surface area contributed by atoms with E-state index in [0.717, 1.165) is 29.6 Å². The molecule has 1 aromatic heterocycles. The second-order valence-electron chi connectivity index (χ2n) is 6.45. The normalized spacial score (nSPS) is 17.3. The molecule has 2 N–H and O–H groups in total. The van der Waals surface area contributed by atoms with E-state index in [4.69, 9.17) is 0 Å². The molecule has 118 valence electrons. The molecule has 4 aromatic rings. The first-order valence-corrected chi connectivity index (χ1v) is 8.32. The molecule has 3 heteroatoms. The zero-order valence-electron chi connectivity index (χ0n) is 13.1. The Bertz CT molecular complexity index is 1060. The van der Waals surface area contributed by atoms with Gasteiger partial charge in [0, 0.05) is 23.1 Å². The molecule has 1 aliphatic heterocycles. The maximum absolute atomic E-state index is 13.6. The molecule has 0 bridgehead atoms. The molecule has 0 amide bonds. The van der Waals surface area contributed by atoms with Gasteiger partial charge in [0.2, 0.25) is 0 Å². The Balaban J connectivity index is 1.69. The highest BCUT2D eigenvalue weighted by Gasteiger charge is 2.25. The van der Waals surface area contributed by atoms with Crippen LogP contribution in [0, 0.1) is 5.82 Å². The molecule has 2 nitrogen and oxygen atoms in total. The van der Waals surface area contributed by atoms with Crippen LogP contribution >= 0.6 is 0 Å². The number of nitrogens with one attached hydrogen (secondary N) is 2. The van der Waals surface area contributed by atoms with Crippen molar-refractivity contribution in [3.63, 3.8) is 0 Å². The minimum absolute atomic E-state index is 0.119. The van der Waals surface area contributed by atoms with Crippen LogP contribution in [0.25, 0.3) is 21.7 Å². The summed E-state index contributed by atoms with van der Waals surface area (Å²) >= 11 is 0. The number of aromatic amines is 1. The number of benzene rings is 3. The van der Waals surface area contributed by atoms with Gasteiger partial charge in [-0.15, -0.1) is 0 Å². The highest BCUT2D eigenvalue weighted by atomic mass is 19.1.